The van der Waals surface area contributed by atoms with Crippen LogP contribution in [0.4, 0.5) is 9.59 Å². The molecule has 9 heteroatoms. The summed E-state index contributed by atoms with van der Waals surface area (Å²) < 4.78 is 5.44. The molecular formula is C26H37N5O4. The van der Waals surface area contributed by atoms with Gasteiger partial charge in [-0.2, -0.15) is 0 Å². The van der Waals surface area contributed by atoms with Gasteiger partial charge in [-0.15, -0.1) is 6.58 Å². The molecule has 190 valence electrons. The number of carbonyl (C=O) groups is 3. The quantitative estimate of drug-likeness (QED) is 0.438. The van der Waals surface area contributed by atoms with Crippen molar-refractivity contribution in [2.75, 3.05) is 45.9 Å². The first-order chi connectivity index (χ1) is 16.8. The van der Waals surface area contributed by atoms with Crippen LogP contribution in [0.3, 0.4) is 0 Å². The normalized spacial score (nSPS) is 19.3. The van der Waals surface area contributed by atoms with E-state index in [0.29, 0.717) is 37.4 Å². The summed E-state index contributed by atoms with van der Waals surface area (Å²) in [5.74, 6) is -0.446. The summed E-state index contributed by atoms with van der Waals surface area (Å²) >= 11 is 0. The molecule has 1 aromatic carbocycles. The minimum atomic E-state index is -0.612. The van der Waals surface area contributed by atoms with E-state index >= 15 is 0 Å². The third-order valence-corrected chi connectivity index (χ3v) is 6.04. The Balaban J connectivity index is 1.94. The number of amides is 4. The Bertz CT molecular complexity index is 946. The van der Waals surface area contributed by atoms with Gasteiger partial charge in [0.25, 0.3) is 0 Å². The van der Waals surface area contributed by atoms with Crippen molar-refractivity contribution in [1.29, 1.82) is 0 Å². The lowest BCUT2D eigenvalue weighted by Gasteiger charge is -2.38. The molecule has 2 aliphatic heterocycles. The Hall–Kier alpha value is -3.33. The highest BCUT2D eigenvalue weighted by Crippen LogP contribution is 2.32. The highest BCUT2D eigenvalue weighted by Gasteiger charge is 2.38. The van der Waals surface area contributed by atoms with Gasteiger partial charge in [0.1, 0.15) is 0 Å². The first kappa shape index (κ1) is 26.3. The Morgan fingerprint density at radius 1 is 1.20 bits per heavy atom. The van der Waals surface area contributed by atoms with E-state index in [4.69, 9.17) is 4.74 Å². The van der Waals surface area contributed by atoms with E-state index in [9.17, 15) is 14.4 Å². The van der Waals surface area contributed by atoms with Crippen molar-refractivity contribution in [3.05, 3.63) is 59.8 Å². The average molecular weight is 484 g/mol. The number of esters is 1. The predicted octanol–water partition coefficient (Wildman–Crippen LogP) is 2.88. The summed E-state index contributed by atoms with van der Waals surface area (Å²) in [7, 11) is 0. The Kier molecular flexibility index (Phi) is 9.31. The smallest absolute Gasteiger partial charge is 0.338 e. The van der Waals surface area contributed by atoms with Gasteiger partial charge in [-0.3, -0.25) is 9.80 Å². The van der Waals surface area contributed by atoms with Crippen LogP contribution in [0.1, 0.15) is 38.8 Å². The molecule has 1 saturated heterocycles. The van der Waals surface area contributed by atoms with Gasteiger partial charge in [0.05, 0.1) is 18.2 Å². The summed E-state index contributed by atoms with van der Waals surface area (Å²) in [4.78, 5) is 44.5. The van der Waals surface area contributed by atoms with Gasteiger partial charge < -0.3 is 20.3 Å². The Morgan fingerprint density at radius 3 is 2.60 bits per heavy atom. The number of urea groups is 2. The van der Waals surface area contributed by atoms with Crippen molar-refractivity contribution in [2.45, 2.75) is 39.3 Å². The number of nitrogens with zero attached hydrogens (tertiary/aromatic N) is 3. The molecular weight excluding hydrogens is 446 g/mol. The molecule has 4 amide bonds. The van der Waals surface area contributed by atoms with Gasteiger partial charge in [0.15, 0.2) is 0 Å². The third-order valence-electron chi connectivity index (χ3n) is 6.04. The highest BCUT2D eigenvalue weighted by molar-refractivity contribution is 5.95. The molecule has 0 bridgehead atoms. The van der Waals surface area contributed by atoms with E-state index in [2.05, 4.69) is 22.1 Å². The van der Waals surface area contributed by atoms with E-state index in [1.54, 1.807) is 17.9 Å². The summed E-state index contributed by atoms with van der Waals surface area (Å²) in [5.41, 5.74) is 1.85. The summed E-state index contributed by atoms with van der Waals surface area (Å²) in [6.07, 6.45) is 2.44. The molecule has 0 spiro atoms. The van der Waals surface area contributed by atoms with Crippen molar-refractivity contribution in [2.24, 2.45) is 0 Å². The fourth-order valence-electron chi connectivity index (χ4n) is 4.42. The standard InChI is InChI=1S/C26H37N5O4/c1-5-13-31-21(18-29-14-10-15-30(17-16-29)25(33)27-19(3)4)22(24(32)35-6-2)23(28-26(31)34)20-11-8-7-9-12-20/h5,7-9,11-12,19,23H,1,6,10,13-18H2,2-4H3,(H,27,33)(H,28,34). The van der Waals surface area contributed by atoms with Crippen LogP contribution >= 0.6 is 0 Å². The number of benzene rings is 1. The Morgan fingerprint density at radius 2 is 1.94 bits per heavy atom. The van der Waals surface area contributed by atoms with Gasteiger partial charge in [0, 0.05) is 51.0 Å². The second-order valence-electron chi connectivity index (χ2n) is 8.99. The van der Waals surface area contributed by atoms with Gasteiger partial charge in [0.2, 0.25) is 0 Å². The summed E-state index contributed by atoms with van der Waals surface area (Å²) in [6.45, 7) is 12.9. The first-order valence-electron chi connectivity index (χ1n) is 12.3. The molecule has 0 aromatic heterocycles. The molecule has 3 rings (SSSR count). The number of hydrogen-bond acceptors (Lipinski definition) is 5. The van der Waals surface area contributed by atoms with Crippen LogP contribution < -0.4 is 10.6 Å². The lowest BCUT2D eigenvalue weighted by atomic mass is 9.94. The van der Waals surface area contributed by atoms with Crippen molar-refractivity contribution < 1.29 is 19.1 Å². The van der Waals surface area contributed by atoms with Crippen LogP contribution in [0.25, 0.3) is 0 Å². The first-order valence-corrected chi connectivity index (χ1v) is 12.3. The topological polar surface area (TPSA) is 94.2 Å². The van der Waals surface area contributed by atoms with Crippen LogP contribution in [0.15, 0.2) is 54.3 Å². The Labute approximate surface area is 207 Å². The van der Waals surface area contributed by atoms with Gasteiger partial charge in [-0.25, -0.2) is 14.4 Å². The molecule has 2 aliphatic rings. The summed E-state index contributed by atoms with van der Waals surface area (Å²) in [5, 5.41) is 5.93. The molecule has 2 N–H and O–H groups in total. The number of carbonyl (C=O) groups excluding carboxylic acids is 3. The van der Waals surface area contributed by atoms with Crippen LogP contribution in [-0.4, -0.2) is 84.6 Å². The van der Waals surface area contributed by atoms with Crippen LogP contribution in [0, 0.1) is 0 Å². The zero-order valence-corrected chi connectivity index (χ0v) is 21.0. The number of ether oxygens (including phenoxy) is 1. The molecule has 1 aromatic rings. The molecule has 35 heavy (non-hydrogen) atoms. The van der Waals surface area contributed by atoms with Crippen LogP contribution in [-0.2, 0) is 9.53 Å². The molecule has 1 atom stereocenters. The second kappa shape index (κ2) is 12.4. The van der Waals surface area contributed by atoms with Crippen molar-refractivity contribution in [3.63, 3.8) is 0 Å². The maximum atomic E-state index is 13.2. The largest absolute Gasteiger partial charge is 0.463 e. The SMILES string of the molecule is C=CCN1C(=O)NC(c2ccccc2)C(C(=O)OCC)=C1CN1CCCN(C(=O)NC(C)C)CC1. The maximum Gasteiger partial charge on any atom is 0.338 e. The van der Waals surface area contributed by atoms with E-state index in [-0.39, 0.29) is 31.3 Å². The third kappa shape index (κ3) is 6.63. The molecule has 0 radical (unpaired) electrons. The van der Waals surface area contributed by atoms with Crippen molar-refractivity contribution in [3.8, 4) is 0 Å². The fourth-order valence-corrected chi connectivity index (χ4v) is 4.42. The summed E-state index contributed by atoms with van der Waals surface area (Å²) in [6, 6.07) is 8.55. The van der Waals surface area contributed by atoms with Gasteiger partial charge in [-0.1, -0.05) is 36.4 Å². The zero-order valence-electron chi connectivity index (χ0n) is 21.0. The molecule has 0 aliphatic carbocycles. The molecule has 1 unspecified atom stereocenters. The van der Waals surface area contributed by atoms with Gasteiger partial charge in [-0.05, 0) is 32.8 Å². The molecule has 0 saturated carbocycles. The van der Waals surface area contributed by atoms with E-state index in [1.165, 1.54) is 0 Å². The van der Waals surface area contributed by atoms with E-state index in [1.807, 2.05) is 49.1 Å². The maximum absolute atomic E-state index is 13.2. The average Bonchev–Trinajstić information content (AvgIpc) is 3.07. The van der Waals surface area contributed by atoms with Crippen molar-refractivity contribution in [1.82, 2.24) is 25.3 Å². The highest BCUT2D eigenvalue weighted by atomic mass is 16.5. The molecule has 2 heterocycles. The van der Waals surface area contributed by atoms with Crippen LogP contribution in [0.2, 0.25) is 0 Å². The van der Waals surface area contributed by atoms with Crippen LogP contribution in [0.5, 0.6) is 0 Å². The molecule has 9 nitrogen and oxygen atoms in total. The van der Waals surface area contributed by atoms with Crippen molar-refractivity contribution >= 4 is 18.0 Å². The van der Waals surface area contributed by atoms with E-state index in [0.717, 1.165) is 18.5 Å². The zero-order chi connectivity index (χ0) is 25.4. The minimum absolute atomic E-state index is 0.0669. The fraction of sp³-hybridized carbons (Fsp3) is 0.500. The van der Waals surface area contributed by atoms with E-state index < -0.39 is 12.0 Å². The minimum Gasteiger partial charge on any atom is -0.463 e. The lowest BCUT2D eigenvalue weighted by Crippen LogP contribution is -2.51. The predicted molar refractivity (Wildman–Crippen MR) is 135 cm³/mol. The number of rotatable bonds is 8. The number of hydrogen-bond donors (Lipinski definition) is 2. The number of nitrogens with one attached hydrogen (secondary N) is 2. The molecule has 1 fully saturated rings. The second-order valence-corrected chi connectivity index (χ2v) is 8.99. The monoisotopic (exact) mass is 483 g/mol. The lowest BCUT2D eigenvalue weighted by molar-refractivity contribution is -0.139. The van der Waals surface area contributed by atoms with Gasteiger partial charge >= 0.3 is 18.0 Å².